The first-order chi connectivity index (χ1) is 12.8. The lowest BCUT2D eigenvalue weighted by Gasteiger charge is -2.33. The van der Waals surface area contributed by atoms with Gasteiger partial charge in [-0.1, -0.05) is 19.4 Å². The first-order valence-corrected chi connectivity index (χ1v) is 9.51. The Balaban J connectivity index is 0.000000282. The number of carbonyl (C=O) groups is 2. The number of nitrogens with two attached hydrogens (primary N) is 1. The van der Waals surface area contributed by atoms with Crippen molar-refractivity contribution in [1.82, 2.24) is 14.8 Å². The zero-order valence-electron chi connectivity index (χ0n) is 17.2. The van der Waals surface area contributed by atoms with E-state index in [4.69, 9.17) is 4.74 Å². The molecule has 2 amide bonds. The lowest BCUT2D eigenvalue weighted by molar-refractivity contribution is -0.120. The number of nitrogens with zero attached hydrogens (tertiary/aromatic N) is 3. The third kappa shape index (κ3) is 7.17. The summed E-state index contributed by atoms with van der Waals surface area (Å²) in [5.74, 6) is 0. The Morgan fingerprint density at radius 3 is 2.48 bits per heavy atom. The molecule has 0 aliphatic carbocycles. The number of fused-ring (bicyclic) bond motifs is 2. The van der Waals surface area contributed by atoms with E-state index < -0.39 is 5.60 Å². The van der Waals surface area contributed by atoms with Crippen LogP contribution in [0.5, 0.6) is 0 Å². The van der Waals surface area contributed by atoms with Gasteiger partial charge >= 0.3 is 6.09 Å². The minimum Gasteiger partial charge on any atom is -0.444 e. The van der Waals surface area contributed by atoms with Crippen molar-refractivity contribution in [3.63, 3.8) is 0 Å². The maximum atomic E-state index is 11.8. The fourth-order valence-corrected chi connectivity index (χ4v) is 3.21. The Morgan fingerprint density at radius 2 is 2.04 bits per heavy atom. The van der Waals surface area contributed by atoms with E-state index in [0.29, 0.717) is 13.1 Å². The van der Waals surface area contributed by atoms with Gasteiger partial charge in [-0.15, -0.1) is 0 Å². The van der Waals surface area contributed by atoms with Gasteiger partial charge in [0, 0.05) is 25.5 Å². The maximum Gasteiger partial charge on any atom is 0.410 e. The lowest BCUT2D eigenvalue weighted by Crippen LogP contribution is -2.49. The molecule has 27 heavy (non-hydrogen) atoms. The fourth-order valence-electron chi connectivity index (χ4n) is 3.21. The summed E-state index contributed by atoms with van der Waals surface area (Å²) in [6.07, 6.45) is 7.57. The average Bonchev–Trinajstić information content (AvgIpc) is 3.24. The second-order valence-electron chi connectivity index (χ2n) is 7.59. The highest BCUT2D eigenvalue weighted by atomic mass is 16.6. The number of likely N-dealkylation sites (tertiary alicyclic amines) is 2. The van der Waals surface area contributed by atoms with Gasteiger partial charge in [0.05, 0.1) is 12.1 Å². The first-order valence-electron chi connectivity index (χ1n) is 9.51. The summed E-state index contributed by atoms with van der Waals surface area (Å²) < 4.78 is 5.32. The van der Waals surface area contributed by atoms with E-state index in [1.54, 1.807) is 16.0 Å². The number of ether oxygens (including phenoxy) is 1. The molecule has 1 aromatic heterocycles. The summed E-state index contributed by atoms with van der Waals surface area (Å²) in [7, 11) is 1.50. The molecule has 2 fully saturated rings. The van der Waals surface area contributed by atoms with Crippen molar-refractivity contribution in [2.45, 2.75) is 64.6 Å². The molecule has 3 heterocycles. The van der Waals surface area contributed by atoms with Gasteiger partial charge in [-0.05, 0) is 52.3 Å². The predicted molar refractivity (Wildman–Crippen MR) is 106 cm³/mol. The number of hydrogen-bond acceptors (Lipinski definition) is 5. The molecule has 152 valence electrons. The van der Waals surface area contributed by atoms with Crippen LogP contribution in [0.2, 0.25) is 0 Å². The molecule has 2 aliphatic rings. The monoisotopic (exact) mass is 378 g/mol. The zero-order chi connectivity index (χ0) is 20.4. The van der Waals surface area contributed by atoms with Gasteiger partial charge in [-0.2, -0.15) is 0 Å². The topological polar surface area (TPSA) is 88.8 Å². The maximum absolute atomic E-state index is 11.8. The number of carbonyl (C=O) groups excluding carboxylic acids is 2. The van der Waals surface area contributed by atoms with E-state index in [9.17, 15) is 9.59 Å². The summed E-state index contributed by atoms with van der Waals surface area (Å²) >= 11 is 0. The summed E-state index contributed by atoms with van der Waals surface area (Å²) in [5, 5.41) is 0. The van der Waals surface area contributed by atoms with Gasteiger partial charge in [0.15, 0.2) is 0 Å². The van der Waals surface area contributed by atoms with Crippen LogP contribution < -0.4 is 5.73 Å². The van der Waals surface area contributed by atoms with Crippen LogP contribution in [-0.4, -0.2) is 65.1 Å². The van der Waals surface area contributed by atoms with Crippen LogP contribution in [0, 0.1) is 0 Å². The van der Waals surface area contributed by atoms with E-state index in [1.165, 1.54) is 19.0 Å². The van der Waals surface area contributed by atoms with Crippen LogP contribution in [0.25, 0.3) is 0 Å². The van der Waals surface area contributed by atoms with Crippen LogP contribution in [-0.2, 0) is 16.0 Å². The van der Waals surface area contributed by atoms with E-state index in [-0.39, 0.29) is 18.2 Å². The number of pyridine rings is 1. The molecule has 2 atom stereocenters. The molecular weight excluding hydrogens is 344 g/mol. The Bertz CT molecular complexity index is 574. The number of rotatable bonds is 3. The van der Waals surface area contributed by atoms with Gasteiger partial charge in [0.25, 0.3) is 0 Å². The predicted octanol–water partition coefficient (Wildman–Crippen LogP) is 2.45. The standard InChI is InChI=1S/C11H18N2O3.C8H11N.CH5N/c1-11(2,3)16-10(15)13-6-8-4-9(13)5-12(8)7-14;1-2-4-8-5-3-6-9-7-8;1-2/h7-9H,4-6H2,1-3H3;3,5-7H,2,4H2,1H3;2H2,1H3. The van der Waals surface area contributed by atoms with E-state index in [2.05, 4.69) is 23.7 Å². The van der Waals surface area contributed by atoms with Crippen molar-refractivity contribution in [3.05, 3.63) is 30.1 Å². The second-order valence-corrected chi connectivity index (χ2v) is 7.59. The zero-order valence-corrected chi connectivity index (χ0v) is 17.2. The van der Waals surface area contributed by atoms with Crippen LogP contribution in [0.1, 0.15) is 46.1 Å². The first kappa shape index (κ1) is 22.9. The number of hydrogen-bond donors (Lipinski definition) is 1. The summed E-state index contributed by atoms with van der Waals surface area (Å²) in [6.45, 7) is 9.00. The van der Waals surface area contributed by atoms with Gasteiger partial charge in [0.1, 0.15) is 5.60 Å². The van der Waals surface area contributed by atoms with Gasteiger partial charge in [-0.3, -0.25) is 9.78 Å². The minimum absolute atomic E-state index is 0.144. The third-order valence-corrected chi connectivity index (χ3v) is 4.31. The highest BCUT2D eigenvalue weighted by Crippen LogP contribution is 2.30. The highest BCUT2D eigenvalue weighted by Gasteiger charge is 2.46. The SMILES string of the molecule is CC(C)(C)OC(=O)N1CC2CC1CN2C=O.CCCc1cccnc1.CN. The lowest BCUT2D eigenvalue weighted by atomic mass is 10.2. The van der Waals surface area contributed by atoms with Crippen molar-refractivity contribution in [2.75, 3.05) is 20.1 Å². The molecule has 2 aliphatic heterocycles. The van der Waals surface area contributed by atoms with E-state index in [0.717, 1.165) is 19.3 Å². The minimum atomic E-state index is -0.455. The molecule has 0 saturated carbocycles. The Hall–Kier alpha value is -2.15. The largest absolute Gasteiger partial charge is 0.444 e. The van der Waals surface area contributed by atoms with Crippen LogP contribution in [0.15, 0.2) is 24.5 Å². The van der Waals surface area contributed by atoms with Crippen molar-refractivity contribution < 1.29 is 14.3 Å². The van der Waals surface area contributed by atoms with Crippen molar-refractivity contribution in [1.29, 1.82) is 0 Å². The average molecular weight is 379 g/mol. The molecule has 2 N–H and O–H groups in total. The van der Waals surface area contributed by atoms with Gasteiger partial charge in [0.2, 0.25) is 6.41 Å². The molecule has 2 bridgehead atoms. The smallest absolute Gasteiger partial charge is 0.410 e. The van der Waals surface area contributed by atoms with Crippen LogP contribution in [0.3, 0.4) is 0 Å². The van der Waals surface area contributed by atoms with Crippen molar-refractivity contribution >= 4 is 12.5 Å². The molecule has 3 rings (SSSR count). The Labute approximate surface area is 162 Å². The molecule has 7 nitrogen and oxygen atoms in total. The fraction of sp³-hybridized carbons (Fsp3) is 0.650. The summed E-state index contributed by atoms with van der Waals surface area (Å²) in [5.41, 5.74) is 5.38. The van der Waals surface area contributed by atoms with Crippen LogP contribution in [0.4, 0.5) is 4.79 Å². The summed E-state index contributed by atoms with van der Waals surface area (Å²) in [4.78, 5) is 30.1. The molecule has 0 aromatic carbocycles. The molecule has 0 radical (unpaired) electrons. The molecular formula is C20H34N4O3. The van der Waals surface area contributed by atoms with E-state index in [1.807, 2.05) is 33.0 Å². The molecule has 1 aromatic rings. The second kappa shape index (κ2) is 10.9. The van der Waals surface area contributed by atoms with E-state index >= 15 is 0 Å². The molecule has 0 spiro atoms. The van der Waals surface area contributed by atoms with Crippen LogP contribution >= 0.6 is 0 Å². The highest BCUT2D eigenvalue weighted by molar-refractivity contribution is 5.70. The number of amides is 2. The van der Waals surface area contributed by atoms with Gasteiger partial charge in [-0.25, -0.2) is 4.79 Å². The summed E-state index contributed by atoms with van der Waals surface area (Å²) in [6, 6.07) is 4.42. The number of piperazine rings is 1. The van der Waals surface area contributed by atoms with Gasteiger partial charge < -0.3 is 20.3 Å². The quantitative estimate of drug-likeness (QED) is 0.816. The van der Waals surface area contributed by atoms with Crippen molar-refractivity contribution in [3.8, 4) is 0 Å². The number of aromatic nitrogens is 1. The Kier molecular flexibility index (Phi) is 9.21. The number of aryl methyl sites for hydroxylation is 1. The molecule has 7 heteroatoms. The third-order valence-electron chi connectivity index (χ3n) is 4.31. The Morgan fingerprint density at radius 1 is 1.33 bits per heavy atom. The normalized spacial score (nSPS) is 20.2. The molecule has 2 saturated heterocycles. The molecule has 2 unspecified atom stereocenters. The van der Waals surface area contributed by atoms with Crippen molar-refractivity contribution in [2.24, 2.45) is 5.73 Å².